The Bertz CT molecular complexity index is 1450. The lowest BCUT2D eigenvalue weighted by Crippen LogP contribution is -2.39. The number of likely N-dealkylation sites (tertiary alicyclic amines) is 1. The molecule has 36 heavy (non-hydrogen) atoms. The van der Waals surface area contributed by atoms with Crippen molar-refractivity contribution in [2.45, 2.75) is 32.2 Å². The Hall–Kier alpha value is -3.10. The molecule has 2 aromatic rings. The first-order valence-corrected chi connectivity index (χ1v) is 13.5. The van der Waals surface area contributed by atoms with Crippen molar-refractivity contribution in [2.75, 3.05) is 0 Å². The number of aryl methyl sites for hydroxylation is 1. The Balaban J connectivity index is 1.47. The summed E-state index contributed by atoms with van der Waals surface area (Å²) in [7, 11) is 0. The van der Waals surface area contributed by atoms with Gasteiger partial charge in [0.05, 0.1) is 22.9 Å². The first-order chi connectivity index (χ1) is 17.3. The van der Waals surface area contributed by atoms with Crippen molar-refractivity contribution in [2.24, 2.45) is 17.8 Å². The minimum atomic E-state index is -0.570. The van der Waals surface area contributed by atoms with Gasteiger partial charge in [0.2, 0.25) is 11.8 Å². The minimum Gasteiger partial charge on any atom is -0.508 e. The molecule has 2 heterocycles. The SMILES string of the molecule is Cc1cc([C@H]2C3=CC[C@@H]4C(=O)N(Cc5cccs5)C(=O)[C@@H]4[C@@H]3CC3=C2C(=O)C=C(Br)C3=O)ccc1O. The lowest BCUT2D eigenvalue weighted by Gasteiger charge is -2.42. The van der Waals surface area contributed by atoms with Gasteiger partial charge in [-0.25, -0.2) is 0 Å². The zero-order chi connectivity index (χ0) is 25.3. The van der Waals surface area contributed by atoms with Gasteiger partial charge < -0.3 is 5.11 Å². The summed E-state index contributed by atoms with van der Waals surface area (Å²) in [4.78, 5) is 55.8. The second-order valence-electron chi connectivity index (χ2n) is 9.78. The molecule has 1 aromatic heterocycles. The van der Waals surface area contributed by atoms with E-state index in [2.05, 4.69) is 15.9 Å². The maximum atomic E-state index is 13.7. The molecule has 6 rings (SSSR count). The van der Waals surface area contributed by atoms with Crippen molar-refractivity contribution < 1.29 is 24.3 Å². The molecule has 4 aliphatic rings. The third-order valence-electron chi connectivity index (χ3n) is 7.87. The number of imide groups is 1. The number of hydrogen-bond donors (Lipinski definition) is 1. The Labute approximate surface area is 220 Å². The monoisotopic (exact) mass is 563 g/mol. The van der Waals surface area contributed by atoms with Gasteiger partial charge in [-0.15, -0.1) is 11.3 Å². The molecule has 0 spiro atoms. The summed E-state index contributed by atoms with van der Waals surface area (Å²) < 4.78 is 0.208. The fourth-order valence-corrected chi connectivity index (χ4v) is 7.36. The average molecular weight is 564 g/mol. The number of thiophene rings is 1. The number of carbonyl (C=O) groups is 4. The third-order valence-corrected chi connectivity index (χ3v) is 9.32. The van der Waals surface area contributed by atoms with E-state index < -0.39 is 17.8 Å². The highest BCUT2D eigenvalue weighted by Gasteiger charge is 2.56. The molecule has 4 atom stereocenters. The van der Waals surface area contributed by atoms with Crippen LogP contribution >= 0.6 is 27.3 Å². The van der Waals surface area contributed by atoms with Crippen molar-refractivity contribution in [3.63, 3.8) is 0 Å². The number of rotatable bonds is 3. The highest BCUT2D eigenvalue weighted by Crippen LogP contribution is 2.55. The quantitative estimate of drug-likeness (QED) is 0.331. The lowest BCUT2D eigenvalue weighted by atomic mass is 9.59. The number of halogens is 1. The van der Waals surface area contributed by atoms with E-state index >= 15 is 0 Å². The molecule has 0 unspecified atom stereocenters. The zero-order valence-electron chi connectivity index (χ0n) is 19.4. The van der Waals surface area contributed by atoms with Crippen LogP contribution in [0.2, 0.25) is 0 Å². The second-order valence-corrected chi connectivity index (χ2v) is 11.7. The van der Waals surface area contributed by atoms with Crippen LogP contribution in [-0.2, 0) is 25.7 Å². The number of benzene rings is 1. The van der Waals surface area contributed by atoms with Gasteiger partial charge in [0.25, 0.3) is 0 Å². The molecule has 1 fully saturated rings. The minimum absolute atomic E-state index is 0.146. The summed E-state index contributed by atoms with van der Waals surface area (Å²) in [6.45, 7) is 2.04. The Morgan fingerprint density at radius 2 is 1.92 bits per heavy atom. The Morgan fingerprint density at radius 1 is 1.11 bits per heavy atom. The van der Waals surface area contributed by atoms with E-state index in [1.165, 1.54) is 22.3 Å². The second kappa shape index (κ2) is 8.49. The van der Waals surface area contributed by atoms with Crippen LogP contribution in [0, 0.1) is 24.7 Å². The van der Waals surface area contributed by atoms with Crippen LogP contribution in [0.25, 0.3) is 0 Å². The smallest absolute Gasteiger partial charge is 0.234 e. The number of carbonyl (C=O) groups excluding carboxylic acids is 4. The van der Waals surface area contributed by atoms with E-state index in [4.69, 9.17) is 0 Å². The number of amides is 2. The van der Waals surface area contributed by atoms with Crippen molar-refractivity contribution in [3.05, 3.63) is 85.1 Å². The van der Waals surface area contributed by atoms with Crippen molar-refractivity contribution in [3.8, 4) is 5.75 Å². The van der Waals surface area contributed by atoms with Crippen LogP contribution in [0.1, 0.15) is 34.8 Å². The summed E-state index contributed by atoms with van der Waals surface area (Å²) in [6.07, 6.45) is 3.99. The summed E-state index contributed by atoms with van der Waals surface area (Å²) >= 11 is 4.75. The average Bonchev–Trinajstić information content (AvgIpc) is 3.46. The number of hydrogen-bond acceptors (Lipinski definition) is 6. The molecule has 1 saturated heterocycles. The fourth-order valence-electron chi connectivity index (χ4n) is 6.22. The molecule has 0 saturated carbocycles. The van der Waals surface area contributed by atoms with Crippen molar-refractivity contribution in [1.82, 2.24) is 4.90 Å². The van der Waals surface area contributed by atoms with Crippen LogP contribution in [0.15, 0.2) is 69.1 Å². The molecule has 0 bridgehead atoms. The van der Waals surface area contributed by atoms with Crippen molar-refractivity contribution >= 4 is 50.6 Å². The van der Waals surface area contributed by atoms with Crippen LogP contribution in [0.3, 0.4) is 0 Å². The van der Waals surface area contributed by atoms with Gasteiger partial charge in [-0.3, -0.25) is 24.1 Å². The van der Waals surface area contributed by atoms with Gasteiger partial charge in [-0.2, -0.15) is 0 Å². The van der Waals surface area contributed by atoms with E-state index in [0.717, 1.165) is 16.0 Å². The maximum Gasteiger partial charge on any atom is 0.234 e. The normalized spacial score (nSPS) is 27.6. The lowest BCUT2D eigenvalue weighted by molar-refractivity contribution is -0.140. The molecule has 1 aromatic carbocycles. The number of ketones is 2. The molecular weight excluding hydrogens is 542 g/mol. The van der Waals surface area contributed by atoms with Gasteiger partial charge in [0, 0.05) is 28.0 Å². The molecule has 8 heteroatoms. The summed E-state index contributed by atoms with van der Waals surface area (Å²) in [5.74, 6) is -2.62. The highest BCUT2D eigenvalue weighted by molar-refractivity contribution is 9.12. The standard InChI is InChI=1S/C28H22BrNO5S/c1-13-9-14(4-7-21(13)31)23-16-5-6-17-24(28(35)30(27(17)34)12-15-3-2-8-36-15)18(16)10-19-25(23)22(32)11-20(29)26(19)33/h2-5,7-9,11,17-18,23-24,31H,6,10,12H2,1H3/t17-,18+,23-,24-/m0/s1. The van der Waals surface area contributed by atoms with E-state index in [1.54, 1.807) is 19.1 Å². The number of aromatic hydroxyl groups is 1. The van der Waals surface area contributed by atoms with E-state index in [1.807, 2.05) is 29.7 Å². The van der Waals surface area contributed by atoms with Crippen LogP contribution < -0.4 is 0 Å². The first-order valence-electron chi connectivity index (χ1n) is 11.8. The van der Waals surface area contributed by atoms with Crippen LogP contribution in [0.5, 0.6) is 5.75 Å². The predicted molar refractivity (Wildman–Crippen MR) is 137 cm³/mol. The van der Waals surface area contributed by atoms with Gasteiger partial charge in [0.1, 0.15) is 5.75 Å². The predicted octanol–water partition coefficient (Wildman–Crippen LogP) is 4.72. The summed E-state index contributed by atoms with van der Waals surface area (Å²) in [5.41, 5.74) is 3.19. The van der Waals surface area contributed by atoms with E-state index in [-0.39, 0.29) is 52.5 Å². The van der Waals surface area contributed by atoms with Crippen LogP contribution in [-0.4, -0.2) is 33.4 Å². The highest BCUT2D eigenvalue weighted by atomic mass is 79.9. The molecule has 6 nitrogen and oxygen atoms in total. The van der Waals surface area contributed by atoms with E-state index in [9.17, 15) is 24.3 Å². The maximum absolute atomic E-state index is 13.7. The van der Waals surface area contributed by atoms with Gasteiger partial charge in [0.15, 0.2) is 11.6 Å². The number of Topliss-reactive ketones (excluding diaryl/α,β-unsaturated/α-hetero) is 1. The fraction of sp³-hybridized carbons (Fsp3) is 0.286. The molecule has 0 radical (unpaired) electrons. The summed E-state index contributed by atoms with van der Waals surface area (Å²) in [5, 5.41) is 12.0. The molecule has 2 amide bonds. The van der Waals surface area contributed by atoms with Gasteiger partial charge in [-0.1, -0.05) is 29.8 Å². The summed E-state index contributed by atoms with van der Waals surface area (Å²) in [6, 6.07) is 9.00. The van der Waals surface area contributed by atoms with E-state index in [0.29, 0.717) is 23.1 Å². The largest absolute Gasteiger partial charge is 0.508 e. The Morgan fingerprint density at radius 3 is 2.64 bits per heavy atom. The third kappa shape index (κ3) is 3.42. The molecule has 1 N–H and O–H groups in total. The number of phenols is 1. The van der Waals surface area contributed by atoms with Gasteiger partial charge in [-0.05, 0) is 70.3 Å². The number of allylic oxidation sites excluding steroid dienone is 6. The molecule has 182 valence electrons. The zero-order valence-corrected chi connectivity index (χ0v) is 21.8. The number of fused-ring (bicyclic) bond motifs is 3. The molecule has 1 aliphatic heterocycles. The number of nitrogens with zero attached hydrogens (tertiary/aromatic N) is 1. The van der Waals surface area contributed by atoms with Crippen LogP contribution in [0.4, 0.5) is 0 Å². The molecular formula is C28H22BrNO5S. The molecule has 3 aliphatic carbocycles. The van der Waals surface area contributed by atoms with Gasteiger partial charge >= 0.3 is 0 Å². The first kappa shape index (κ1) is 23.3. The van der Waals surface area contributed by atoms with Crippen molar-refractivity contribution in [1.29, 1.82) is 0 Å². The Kier molecular flexibility index (Phi) is 5.50. The number of phenolic OH excluding ortho intramolecular Hbond substituents is 1. The topological polar surface area (TPSA) is 91.8 Å².